The van der Waals surface area contributed by atoms with Crippen LogP contribution in [0, 0.1) is 5.92 Å². The molecule has 0 unspecified atom stereocenters. The van der Waals surface area contributed by atoms with E-state index in [-0.39, 0.29) is 11.9 Å². The minimum atomic E-state index is -0.104. The quantitative estimate of drug-likeness (QED) is 0.495. The van der Waals surface area contributed by atoms with Crippen LogP contribution in [0.5, 0.6) is 0 Å². The number of rotatable bonds is 5. The van der Waals surface area contributed by atoms with Crippen molar-refractivity contribution in [2.75, 3.05) is 27.2 Å². The molecule has 2 aromatic rings. The first-order valence-corrected chi connectivity index (χ1v) is 9.26. The van der Waals surface area contributed by atoms with E-state index < -0.39 is 0 Å². The van der Waals surface area contributed by atoms with Crippen LogP contribution in [0.3, 0.4) is 0 Å². The van der Waals surface area contributed by atoms with Gasteiger partial charge < -0.3 is 19.5 Å². The van der Waals surface area contributed by atoms with Crippen LogP contribution in [0.1, 0.15) is 24.0 Å². The number of likely N-dealkylation sites (tertiary alicyclic amines) is 1. The molecule has 1 aromatic heterocycles. The molecule has 2 heterocycles. The van der Waals surface area contributed by atoms with Gasteiger partial charge in [-0.3, -0.25) is 9.79 Å². The molecule has 144 valence electrons. The van der Waals surface area contributed by atoms with Crippen molar-refractivity contribution in [1.82, 2.24) is 19.8 Å². The fourth-order valence-corrected chi connectivity index (χ4v) is 3.44. The Labute approximate surface area is 160 Å². The summed E-state index contributed by atoms with van der Waals surface area (Å²) < 4.78 is 6.91. The van der Waals surface area contributed by atoms with E-state index in [0.717, 1.165) is 38.4 Å². The Morgan fingerprint density at radius 2 is 2.11 bits per heavy atom. The van der Waals surface area contributed by atoms with Crippen molar-refractivity contribution < 1.29 is 9.53 Å². The minimum Gasteiger partial charge on any atom is -0.469 e. The van der Waals surface area contributed by atoms with E-state index in [1.54, 1.807) is 13.2 Å². The summed E-state index contributed by atoms with van der Waals surface area (Å²) in [7, 11) is 3.25. The van der Waals surface area contributed by atoms with Gasteiger partial charge in [0, 0.05) is 45.6 Å². The van der Waals surface area contributed by atoms with Crippen molar-refractivity contribution in [3.8, 4) is 0 Å². The number of hydrogen-bond donors (Lipinski definition) is 1. The molecule has 1 aromatic carbocycles. The molecule has 0 saturated carbocycles. The summed E-state index contributed by atoms with van der Waals surface area (Å²) in [6, 6.07) is 8.51. The summed E-state index contributed by atoms with van der Waals surface area (Å²) in [6.45, 7) is 3.13. The lowest BCUT2D eigenvalue weighted by atomic mass is 9.97. The SMILES string of the molecule is CN=C(NCc1cccc(Cn2ccnc2)c1)N1CCC(C(=O)OC)CC1. The maximum absolute atomic E-state index is 11.7. The second-order valence-electron chi connectivity index (χ2n) is 6.74. The Balaban J connectivity index is 1.53. The summed E-state index contributed by atoms with van der Waals surface area (Å²) >= 11 is 0. The van der Waals surface area contributed by atoms with Gasteiger partial charge in [-0.15, -0.1) is 0 Å². The molecule has 1 N–H and O–H groups in total. The number of methoxy groups -OCH3 is 1. The van der Waals surface area contributed by atoms with E-state index in [0.29, 0.717) is 6.54 Å². The number of piperidine rings is 1. The fraction of sp³-hybridized carbons (Fsp3) is 0.450. The number of nitrogens with one attached hydrogen (secondary N) is 1. The predicted octanol–water partition coefficient (Wildman–Crippen LogP) is 1.89. The third-order valence-electron chi connectivity index (χ3n) is 4.91. The van der Waals surface area contributed by atoms with E-state index in [4.69, 9.17) is 4.74 Å². The highest BCUT2D eigenvalue weighted by Gasteiger charge is 2.26. The summed E-state index contributed by atoms with van der Waals surface area (Å²) in [5, 5.41) is 3.44. The number of ether oxygens (including phenoxy) is 1. The van der Waals surface area contributed by atoms with Crippen LogP contribution in [-0.2, 0) is 22.6 Å². The lowest BCUT2D eigenvalue weighted by Crippen LogP contribution is -2.46. The minimum absolute atomic E-state index is 0.00390. The molecule has 1 aliphatic heterocycles. The van der Waals surface area contributed by atoms with Gasteiger partial charge in [0.1, 0.15) is 0 Å². The molecule has 1 saturated heterocycles. The zero-order valence-corrected chi connectivity index (χ0v) is 16.0. The molecule has 3 rings (SSSR count). The fourth-order valence-electron chi connectivity index (χ4n) is 3.44. The second kappa shape index (κ2) is 9.21. The number of nitrogens with zero attached hydrogens (tertiary/aromatic N) is 4. The van der Waals surface area contributed by atoms with Crippen LogP contribution in [0.2, 0.25) is 0 Å². The number of aliphatic imine (C=N–C) groups is 1. The summed E-state index contributed by atoms with van der Waals surface area (Å²) in [6.07, 6.45) is 7.18. The van der Waals surface area contributed by atoms with E-state index in [2.05, 4.69) is 49.0 Å². The first-order valence-electron chi connectivity index (χ1n) is 9.26. The van der Waals surface area contributed by atoms with E-state index in [9.17, 15) is 4.79 Å². The van der Waals surface area contributed by atoms with Gasteiger partial charge in [0.05, 0.1) is 19.4 Å². The molecule has 7 heteroatoms. The smallest absolute Gasteiger partial charge is 0.308 e. The highest BCUT2D eigenvalue weighted by atomic mass is 16.5. The van der Waals surface area contributed by atoms with Crippen molar-refractivity contribution >= 4 is 11.9 Å². The number of aromatic nitrogens is 2. The average molecular weight is 369 g/mol. The number of esters is 1. The van der Waals surface area contributed by atoms with Crippen molar-refractivity contribution in [3.63, 3.8) is 0 Å². The topological polar surface area (TPSA) is 71.8 Å². The van der Waals surface area contributed by atoms with Crippen molar-refractivity contribution in [2.45, 2.75) is 25.9 Å². The Hall–Kier alpha value is -2.83. The predicted molar refractivity (Wildman–Crippen MR) is 104 cm³/mol. The van der Waals surface area contributed by atoms with Crippen LogP contribution in [0.25, 0.3) is 0 Å². The van der Waals surface area contributed by atoms with Gasteiger partial charge in [0.25, 0.3) is 0 Å². The maximum Gasteiger partial charge on any atom is 0.308 e. The summed E-state index contributed by atoms with van der Waals surface area (Å²) in [4.78, 5) is 22.4. The highest BCUT2D eigenvalue weighted by molar-refractivity contribution is 5.80. The lowest BCUT2D eigenvalue weighted by Gasteiger charge is -2.33. The monoisotopic (exact) mass is 369 g/mol. The molecular formula is C20H27N5O2. The maximum atomic E-state index is 11.7. The Bertz CT molecular complexity index is 764. The summed E-state index contributed by atoms with van der Waals surface area (Å²) in [5.41, 5.74) is 2.44. The van der Waals surface area contributed by atoms with Crippen LogP contribution in [-0.4, -0.2) is 53.6 Å². The van der Waals surface area contributed by atoms with Gasteiger partial charge in [-0.2, -0.15) is 0 Å². The van der Waals surface area contributed by atoms with Crippen molar-refractivity contribution in [2.24, 2.45) is 10.9 Å². The lowest BCUT2D eigenvalue weighted by molar-refractivity contribution is -0.146. The van der Waals surface area contributed by atoms with Crippen LogP contribution < -0.4 is 5.32 Å². The number of hydrogen-bond acceptors (Lipinski definition) is 4. The van der Waals surface area contributed by atoms with Gasteiger partial charge in [-0.1, -0.05) is 24.3 Å². The zero-order valence-electron chi connectivity index (χ0n) is 16.0. The first kappa shape index (κ1) is 18.9. The molecule has 1 aliphatic rings. The molecule has 0 radical (unpaired) electrons. The zero-order chi connectivity index (χ0) is 19.1. The van der Waals surface area contributed by atoms with E-state index in [1.807, 2.05) is 12.5 Å². The molecule has 0 atom stereocenters. The number of benzene rings is 1. The highest BCUT2D eigenvalue weighted by Crippen LogP contribution is 2.18. The van der Waals surface area contributed by atoms with Crippen molar-refractivity contribution in [3.05, 3.63) is 54.1 Å². The third-order valence-corrected chi connectivity index (χ3v) is 4.91. The van der Waals surface area contributed by atoms with Gasteiger partial charge in [0.15, 0.2) is 5.96 Å². The number of imidazole rings is 1. The molecule has 0 bridgehead atoms. The Kier molecular flexibility index (Phi) is 6.46. The Morgan fingerprint density at radius 3 is 2.78 bits per heavy atom. The van der Waals surface area contributed by atoms with Gasteiger partial charge in [-0.25, -0.2) is 4.98 Å². The molecule has 1 fully saturated rings. The van der Waals surface area contributed by atoms with Crippen LogP contribution in [0.4, 0.5) is 0 Å². The third kappa shape index (κ3) is 5.09. The van der Waals surface area contributed by atoms with Gasteiger partial charge in [0.2, 0.25) is 0 Å². The largest absolute Gasteiger partial charge is 0.469 e. The molecule has 0 amide bonds. The number of carbonyl (C=O) groups is 1. The molecular weight excluding hydrogens is 342 g/mol. The molecule has 0 aliphatic carbocycles. The standard InChI is InChI=1S/C20H27N5O2/c1-21-20(25-9-6-18(7-10-25)19(26)27-2)23-13-16-4-3-5-17(12-16)14-24-11-8-22-15-24/h3-5,8,11-12,15,18H,6-7,9-10,13-14H2,1-2H3,(H,21,23). The Morgan fingerprint density at radius 1 is 1.33 bits per heavy atom. The second-order valence-corrected chi connectivity index (χ2v) is 6.74. The van der Waals surface area contributed by atoms with E-state index >= 15 is 0 Å². The van der Waals surface area contributed by atoms with Crippen LogP contribution in [0.15, 0.2) is 48.0 Å². The van der Waals surface area contributed by atoms with E-state index in [1.165, 1.54) is 18.2 Å². The summed E-state index contributed by atoms with van der Waals surface area (Å²) in [5.74, 6) is 0.773. The van der Waals surface area contributed by atoms with Crippen molar-refractivity contribution in [1.29, 1.82) is 0 Å². The molecule has 27 heavy (non-hydrogen) atoms. The number of carbonyl (C=O) groups excluding carboxylic acids is 1. The van der Waals surface area contributed by atoms with Crippen LogP contribution >= 0.6 is 0 Å². The average Bonchev–Trinajstić information content (AvgIpc) is 3.21. The number of guanidine groups is 1. The first-order chi connectivity index (χ1) is 13.2. The van der Waals surface area contributed by atoms with Gasteiger partial charge in [-0.05, 0) is 24.0 Å². The molecule has 7 nitrogen and oxygen atoms in total. The molecule has 0 spiro atoms. The van der Waals surface area contributed by atoms with Gasteiger partial charge >= 0.3 is 5.97 Å². The normalized spacial score (nSPS) is 15.6.